The average molecular weight is 342 g/mol. The summed E-state index contributed by atoms with van der Waals surface area (Å²) in [7, 11) is 3.51. The molecule has 2 aromatic rings. The highest BCUT2D eigenvalue weighted by molar-refractivity contribution is 5.78. The van der Waals surface area contributed by atoms with Crippen molar-refractivity contribution in [3.05, 3.63) is 47.8 Å². The van der Waals surface area contributed by atoms with Gasteiger partial charge in [-0.3, -0.25) is 14.4 Å². The Hall–Kier alpha value is -2.34. The Balaban J connectivity index is 1.55. The van der Waals surface area contributed by atoms with Gasteiger partial charge in [0.15, 0.2) is 0 Å². The molecule has 0 bridgehead atoms. The van der Waals surface area contributed by atoms with Crippen LogP contribution in [0, 0.1) is 6.92 Å². The summed E-state index contributed by atoms with van der Waals surface area (Å²) in [5.74, 6) is 0.932. The zero-order chi connectivity index (χ0) is 18.0. The average Bonchev–Trinajstić information content (AvgIpc) is 3.01. The summed E-state index contributed by atoms with van der Waals surface area (Å²) in [4.78, 5) is 16.6. The Labute approximate surface area is 149 Å². The Bertz CT molecular complexity index is 737. The van der Waals surface area contributed by atoms with Gasteiger partial charge >= 0.3 is 0 Å². The molecule has 1 saturated heterocycles. The lowest BCUT2D eigenvalue weighted by molar-refractivity contribution is -0.134. The van der Waals surface area contributed by atoms with Crippen LogP contribution in [-0.2, 0) is 4.79 Å². The number of amides is 1. The fourth-order valence-corrected chi connectivity index (χ4v) is 3.21. The smallest absolute Gasteiger partial charge is 0.236 e. The van der Waals surface area contributed by atoms with E-state index in [1.165, 1.54) is 5.56 Å². The predicted octanol–water partition coefficient (Wildman–Crippen LogP) is 2.28. The highest BCUT2D eigenvalue weighted by atomic mass is 16.5. The number of benzene rings is 1. The zero-order valence-corrected chi connectivity index (χ0v) is 15.3. The number of hydrogen-bond donors (Lipinski definition) is 0. The third-order valence-corrected chi connectivity index (χ3v) is 4.96. The third-order valence-electron chi connectivity index (χ3n) is 4.96. The summed E-state index contributed by atoms with van der Waals surface area (Å²) >= 11 is 0. The number of ether oxygens (including phenoxy) is 1. The Morgan fingerprint density at radius 3 is 2.76 bits per heavy atom. The van der Waals surface area contributed by atoms with Gasteiger partial charge in [0, 0.05) is 31.9 Å². The summed E-state index contributed by atoms with van der Waals surface area (Å²) in [6, 6.07) is 8.18. The third kappa shape index (κ3) is 3.69. The van der Waals surface area contributed by atoms with E-state index in [0.29, 0.717) is 12.6 Å². The van der Waals surface area contributed by atoms with Crippen LogP contribution in [0.4, 0.5) is 0 Å². The minimum Gasteiger partial charge on any atom is -0.496 e. The minimum absolute atomic E-state index is 0.0329. The standard InChI is InChI=1S/C19H26N4O2/c1-14-9-20-23(10-14)16-11-22(12-16)13-19(24)21(3)15(2)17-7-5-6-8-18(17)25-4/h5-10,15-16H,11-13H2,1-4H3/t15-/m1/s1. The molecule has 1 aromatic heterocycles. The number of likely N-dealkylation sites (tertiary alicyclic amines) is 1. The van der Waals surface area contributed by atoms with Gasteiger partial charge in [0.2, 0.25) is 5.91 Å². The first-order valence-corrected chi connectivity index (χ1v) is 8.61. The van der Waals surface area contributed by atoms with Crippen LogP contribution in [-0.4, -0.2) is 59.3 Å². The highest BCUT2D eigenvalue weighted by Gasteiger charge is 2.31. The number of rotatable bonds is 6. The SMILES string of the molecule is COc1ccccc1[C@@H](C)N(C)C(=O)CN1CC(n2cc(C)cn2)C1. The molecule has 6 nitrogen and oxygen atoms in total. The Morgan fingerprint density at radius 1 is 1.40 bits per heavy atom. The quantitative estimate of drug-likeness (QED) is 0.808. The second-order valence-corrected chi connectivity index (χ2v) is 6.77. The Morgan fingerprint density at radius 2 is 2.12 bits per heavy atom. The maximum atomic E-state index is 12.6. The zero-order valence-electron chi connectivity index (χ0n) is 15.3. The van der Waals surface area contributed by atoms with Crippen LogP contribution in [0.2, 0.25) is 0 Å². The Kier molecular flexibility index (Phi) is 5.08. The molecule has 2 heterocycles. The molecule has 1 aliphatic rings. The monoisotopic (exact) mass is 342 g/mol. The molecule has 0 N–H and O–H groups in total. The van der Waals surface area contributed by atoms with Crippen LogP contribution >= 0.6 is 0 Å². The molecule has 0 radical (unpaired) electrons. The molecule has 0 unspecified atom stereocenters. The van der Waals surface area contributed by atoms with Crippen molar-refractivity contribution in [3.8, 4) is 5.75 Å². The molecule has 1 atom stereocenters. The van der Waals surface area contributed by atoms with Gasteiger partial charge in [0.1, 0.15) is 5.75 Å². The van der Waals surface area contributed by atoms with E-state index in [4.69, 9.17) is 4.74 Å². The highest BCUT2D eigenvalue weighted by Crippen LogP contribution is 2.28. The molecule has 0 aliphatic carbocycles. The van der Waals surface area contributed by atoms with E-state index in [-0.39, 0.29) is 11.9 Å². The second-order valence-electron chi connectivity index (χ2n) is 6.77. The number of hydrogen-bond acceptors (Lipinski definition) is 4. The van der Waals surface area contributed by atoms with Crippen molar-refractivity contribution in [3.63, 3.8) is 0 Å². The molecular formula is C19H26N4O2. The van der Waals surface area contributed by atoms with Crippen LogP contribution in [0.25, 0.3) is 0 Å². The summed E-state index contributed by atoms with van der Waals surface area (Å²) < 4.78 is 7.41. The first kappa shape index (κ1) is 17.5. The molecule has 1 aromatic carbocycles. The normalized spacial score (nSPS) is 16.3. The molecule has 3 rings (SSSR count). The van der Waals surface area contributed by atoms with Gasteiger partial charge in [-0.05, 0) is 25.5 Å². The fourth-order valence-electron chi connectivity index (χ4n) is 3.21. The lowest BCUT2D eigenvalue weighted by Gasteiger charge is -2.40. The van der Waals surface area contributed by atoms with E-state index in [1.807, 2.05) is 56.0 Å². The van der Waals surface area contributed by atoms with Gasteiger partial charge in [0.05, 0.1) is 31.9 Å². The van der Waals surface area contributed by atoms with Gasteiger partial charge in [-0.15, -0.1) is 0 Å². The maximum absolute atomic E-state index is 12.6. The largest absolute Gasteiger partial charge is 0.496 e. The number of methoxy groups -OCH3 is 1. The van der Waals surface area contributed by atoms with Crippen molar-refractivity contribution in [2.24, 2.45) is 0 Å². The summed E-state index contributed by atoms with van der Waals surface area (Å²) in [5, 5.41) is 4.35. The van der Waals surface area contributed by atoms with Gasteiger partial charge in [-0.1, -0.05) is 18.2 Å². The predicted molar refractivity (Wildman–Crippen MR) is 96.6 cm³/mol. The summed E-state index contributed by atoms with van der Waals surface area (Å²) in [6.07, 6.45) is 3.93. The molecule has 25 heavy (non-hydrogen) atoms. The molecule has 6 heteroatoms. The summed E-state index contributed by atoms with van der Waals surface area (Å²) in [6.45, 7) is 6.24. The van der Waals surface area contributed by atoms with Gasteiger partial charge in [-0.2, -0.15) is 5.10 Å². The van der Waals surface area contributed by atoms with E-state index in [2.05, 4.69) is 16.2 Å². The van der Waals surface area contributed by atoms with E-state index in [0.717, 1.165) is 24.4 Å². The van der Waals surface area contributed by atoms with Crippen molar-refractivity contribution >= 4 is 5.91 Å². The van der Waals surface area contributed by atoms with Crippen molar-refractivity contribution in [1.82, 2.24) is 19.6 Å². The fraction of sp³-hybridized carbons (Fsp3) is 0.474. The maximum Gasteiger partial charge on any atom is 0.236 e. The molecule has 0 spiro atoms. The first-order chi connectivity index (χ1) is 12.0. The van der Waals surface area contributed by atoms with Gasteiger partial charge in [-0.25, -0.2) is 0 Å². The number of nitrogens with zero attached hydrogens (tertiary/aromatic N) is 4. The van der Waals surface area contributed by atoms with E-state index in [1.54, 1.807) is 12.0 Å². The van der Waals surface area contributed by atoms with Crippen LogP contribution in [0.5, 0.6) is 5.75 Å². The van der Waals surface area contributed by atoms with E-state index in [9.17, 15) is 4.79 Å². The summed E-state index contributed by atoms with van der Waals surface area (Å²) in [5.41, 5.74) is 2.19. The van der Waals surface area contributed by atoms with Crippen molar-refractivity contribution in [2.45, 2.75) is 25.9 Å². The van der Waals surface area contributed by atoms with Crippen LogP contribution in [0.1, 0.15) is 30.1 Å². The van der Waals surface area contributed by atoms with E-state index < -0.39 is 0 Å². The van der Waals surface area contributed by atoms with Crippen molar-refractivity contribution < 1.29 is 9.53 Å². The lowest BCUT2D eigenvalue weighted by atomic mass is 10.1. The number of carbonyl (C=O) groups is 1. The van der Waals surface area contributed by atoms with E-state index >= 15 is 0 Å². The van der Waals surface area contributed by atoms with Crippen molar-refractivity contribution in [2.75, 3.05) is 33.8 Å². The second kappa shape index (κ2) is 7.27. The topological polar surface area (TPSA) is 50.6 Å². The lowest BCUT2D eigenvalue weighted by Crippen LogP contribution is -2.51. The number of aromatic nitrogens is 2. The van der Waals surface area contributed by atoms with Crippen LogP contribution in [0.15, 0.2) is 36.7 Å². The van der Waals surface area contributed by atoms with Gasteiger partial charge in [0.25, 0.3) is 0 Å². The molecule has 1 aliphatic heterocycles. The molecular weight excluding hydrogens is 316 g/mol. The van der Waals surface area contributed by atoms with Gasteiger partial charge < -0.3 is 9.64 Å². The molecule has 1 amide bonds. The van der Waals surface area contributed by atoms with Crippen molar-refractivity contribution in [1.29, 1.82) is 0 Å². The minimum atomic E-state index is -0.0329. The number of para-hydroxylation sites is 1. The van der Waals surface area contributed by atoms with Crippen LogP contribution in [0.3, 0.4) is 0 Å². The molecule has 0 saturated carbocycles. The number of carbonyl (C=O) groups excluding carboxylic acids is 1. The number of likely N-dealkylation sites (N-methyl/N-ethyl adjacent to an activating group) is 1. The van der Waals surface area contributed by atoms with Crippen LogP contribution < -0.4 is 4.74 Å². The molecule has 134 valence electrons. The first-order valence-electron chi connectivity index (χ1n) is 8.61. The molecule has 1 fully saturated rings. The number of aryl methyl sites for hydroxylation is 1.